The van der Waals surface area contributed by atoms with Crippen molar-refractivity contribution < 1.29 is 25.2 Å². The third kappa shape index (κ3) is 2.90. The van der Waals surface area contributed by atoms with Crippen molar-refractivity contribution in [3.8, 4) is 0 Å². The zero-order valence-corrected chi connectivity index (χ0v) is 22.9. The summed E-state index contributed by atoms with van der Waals surface area (Å²) >= 11 is 0. The van der Waals surface area contributed by atoms with Crippen molar-refractivity contribution in [2.24, 2.45) is 50.7 Å². The van der Waals surface area contributed by atoms with E-state index >= 15 is 0 Å². The van der Waals surface area contributed by atoms with E-state index in [0.29, 0.717) is 31.1 Å². The van der Waals surface area contributed by atoms with Gasteiger partial charge in [0.05, 0.1) is 23.2 Å². The molecule has 4 N–H and O–H groups in total. The number of rotatable bonds is 1. The summed E-state index contributed by atoms with van der Waals surface area (Å²) in [5.74, 6) is -0.394. The Morgan fingerprint density at radius 1 is 0.943 bits per heavy atom. The van der Waals surface area contributed by atoms with Gasteiger partial charge in [-0.1, -0.05) is 53.2 Å². The molecule has 5 nitrogen and oxygen atoms in total. The molecule has 2 unspecified atom stereocenters. The van der Waals surface area contributed by atoms with Gasteiger partial charge in [-0.2, -0.15) is 0 Å². The zero-order chi connectivity index (χ0) is 26.0. The van der Waals surface area contributed by atoms with Gasteiger partial charge in [0.15, 0.2) is 0 Å². The average molecular weight is 489 g/mol. The first-order valence-corrected chi connectivity index (χ1v) is 14.0. The second-order valence-electron chi connectivity index (χ2n) is 14.9. The maximum atomic E-state index is 12.8. The van der Waals surface area contributed by atoms with Crippen molar-refractivity contribution in [2.75, 3.05) is 0 Å². The summed E-state index contributed by atoms with van der Waals surface area (Å²) in [5.41, 5.74) is -1.46. The molecule has 0 bridgehead atoms. The van der Waals surface area contributed by atoms with Gasteiger partial charge >= 0.3 is 5.97 Å². The second-order valence-corrected chi connectivity index (χ2v) is 14.9. The van der Waals surface area contributed by atoms with Crippen molar-refractivity contribution in [3.05, 3.63) is 11.6 Å². The molecule has 0 aromatic heterocycles. The maximum absolute atomic E-state index is 12.8. The molecule has 5 heteroatoms. The van der Waals surface area contributed by atoms with E-state index in [1.807, 2.05) is 6.92 Å². The molecular formula is C30H48O5. The molecule has 5 aliphatic carbocycles. The van der Waals surface area contributed by atoms with Crippen molar-refractivity contribution in [2.45, 2.75) is 118 Å². The van der Waals surface area contributed by atoms with Crippen molar-refractivity contribution in [1.29, 1.82) is 0 Å². The van der Waals surface area contributed by atoms with Crippen LogP contribution in [0.15, 0.2) is 11.6 Å². The van der Waals surface area contributed by atoms with Crippen LogP contribution in [-0.4, -0.2) is 44.2 Å². The van der Waals surface area contributed by atoms with Crippen LogP contribution in [0.5, 0.6) is 0 Å². The summed E-state index contributed by atoms with van der Waals surface area (Å²) in [6.45, 7) is 15.3. The minimum atomic E-state index is -1.05. The minimum absolute atomic E-state index is 0.0535. The Bertz CT molecular complexity index is 952. The molecule has 4 saturated carbocycles. The van der Waals surface area contributed by atoms with E-state index in [2.05, 4.69) is 47.6 Å². The number of aliphatic hydroxyl groups is 3. The first-order chi connectivity index (χ1) is 16.0. The van der Waals surface area contributed by atoms with Crippen LogP contribution < -0.4 is 0 Å². The highest BCUT2D eigenvalue weighted by Gasteiger charge is 2.71. The smallest absolute Gasteiger partial charge is 0.310 e. The molecule has 198 valence electrons. The van der Waals surface area contributed by atoms with Crippen LogP contribution in [0, 0.1) is 50.7 Å². The fourth-order valence-corrected chi connectivity index (χ4v) is 11.0. The number of aliphatic hydroxyl groups excluding tert-OH is 2. The van der Waals surface area contributed by atoms with Gasteiger partial charge in [0.25, 0.3) is 0 Å². The summed E-state index contributed by atoms with van der Waals surface area (Å²) in [6, 6.07) is 0. The SMILES string of the molecule is C[C@@H]1CC[C@]2(C(=O)O)CC[C@]3(C)C(=CC[C@@H]4[C@@]5(C)CC(O)[C@H](O)C(C)(C)C5CC[C@]43C)[C@@H]2[C@]1(C)O. The predicted molar refractivity (Wildman–Crippen MR) is 135 cm³/mol. The lowest BCUT2D eigenvalue weighted by Crippen LogP contribution is -2.68. The van der Waals surface area contributed by atoms with E-state index in [1.54, 1.807) is 0 Å². The van der Waals surface area contributed by atoms with Gasteiger partial charge in [0.2, 0.25) is 0 Å². The summed E-state index contributed by atoms with van der Waals surface area (Å²) in [4.78, 5) is 12.8. The van der Waals surface area contributed by atoms with E-state index in [4.69, 9.17) is 0 Å². The topological polar surface area (TPSA) is 98.0 Å². The lowest BCUT2D eigenvalue weighted by atomic mass is 9.33. The Kier molecular flexibility index (Phi) is 5.40. The number of hydrogen-bond donors (Lipinski definition) is 4. The van der Waals surface area contributed by atoms with Crippen LogP contribution in [0.4, 0.5) is 0 Å². The molecule has 0 saturated heterocycles. The summed E-state index contributed by atoms with van der Waals surface area (Å²) in [6.07, 6.45) is 7.21. The third-order valence-electron chi connectivity index (χ3n) is 13.4. The van der Waals surface area contributed by atoms with E-state index in [1.165, 1.54) is 5.57 Å². The van der Waals surface area contributed by atoms with Crippen molar-refractivity contribution >= 4 is 5.97 Å². The molecule has 5 rings (SSSR count). The van der Waals surface area contributed by atoms with Gasteiger partial charge < -0.3 is 20.4 Å². The zero-order valence-electron chi connectivity index (χ0n) is 22.9. The number of carboxylic acid groups (broad SMARTS) is 1. The van der Waals surface area contributed by atoms with Gasteiger partial charge in [-0.05, 0) is 97.7 Å². The van der Waals surface area contributed by atoms with Crippen LogP contribution in [0.1, 0.15) is 99.8 Å². The van der Waals surface area contributed by atoms with Crippen LogP contribution in [0.2, 0.25) is 0 Å². The van der Waals surface area contributed by atoms with Gasteiger partial charge in [0, 0.05) is 5.92 Å². The number of carbonyl (C=O) groups is 1. The number of allylic oxidation sites excluding steroid dienone is 1. The van der Waals surface area contributed by atoms with Crippen LogP contribution in [0.25, 0.3) is 0 Å². The van der Waals surface area contributed by atoms with Gasteiger partial charge in [-0.15, -0.1) is 0 Å². The fraction of sp³-hybridized carbons (Fsp3) is 0.900. The Morgan fingerprint density at radius 3 is 2.23 bits per heavy atom. The molecule has 0 aromatic carbocycles. The Hall–Kier alpha value is -0.910. The van der Waals surface area contributed by atoms with Crippen LogP contribution >= 0.6 is 0 Å². The quantitative estimate of drug-likeness (QED) is 0.382. The summed E-state index contributed by atoms with van der Waals surface area (Å²) in [7, 11) is 0. The summed E-state index contributed by atoms with van der Waals surface area (Å²) in [5, 5.41) is 44.3. The molecule has 0 radical (unpaired) electrons. The van der Waals surface area contributed by atoms with Gasteiger partial charge in [0.1, 0.15) is 0 Å². The van der Waals surface area contributed by atoms with E-state index in [0.717, 1.165) is 32.1 Å². The summed E-state index contributed by atoms with van der Waals surface area (Å²) < 4.78 is 0. The molecule has 0 heterocycles. The standard InChI is InChI=1S/C30H48O5/c1-17-10-13-30(24(33)34)15-14-27(5)18(22(30)29(17,7)35)8-9-21-26(4)16-19(31)23(32)25(2,3)20(26)11-12-28(21,27)6/h8,17,19-23,31-32,35H,9-16H2,1-7H3,(H,33,34)/t17-,19?,20?,21-,22-,23+,26+,27-,28-,29-,30+/m1/s1. The Labute approximate surface area is 211 Å². The highest BCUT2D eigenvalue weighted by molar-refractivity contribution is 5.77. The first-order valence-electron chi connectivity index (χ1n) is 14.0. The highest BCUT2D eigenvalue weighted by Crippen LogP contribution is 2.76. The number of carboxylic acids is 1. The second kappa shape index (κ2) is 7.35. The van der Waals surface area contributed by atoms with Crippen LogP contribution in [0.3, 0.4) is 0 Å². The number of hydrogen-bond acceptors (Lipinski definition) is 4. The Balaban J connectivity index is 1.65. The van der Waals surface area contributed by atoms with Gasteiger partial charge in [-0.3, -0.25) is 4.79 Å². The van der Waals surface area contributed by atoms with E-state index < -0.39 is 29.2 Å². The van der Waals surface area contributed by atoms with Gasteiger partial charge in [-0.25, -0.2) is 0 Å². The average Bonchev–Trinajstić information content (AvgIpc) is 2.75. The molecule has 0 aliphatic heterocycles. The van der Waals surface area contributed by atoms with Crippen molar-refractivity contribution in [3.63, 3.8) is 0 Å². The molecule has 0 aromatic rings. The molecule has 5 aliphatic rings. The monoisotopic (exact) mass is 488 g/mol. The first kappa shape index (κ1) is 25.7. The van der Waals surface area contributed by atoms with Crippen molar-refractivity contribution in [1.82, 2.24) is 0 Å². The Morgan fingerprint density at radius 2 is 1.60 bits per heavy atom. The highest BCUT2D eigenvalue weighted by atomic mass is 16.4. The molecule has 4 fully saturated rings. The molecule has 11 atom stereocenters. The van der Waals surface area contributed by atoms with E-state index in [-0.39, 0.29) is 33.5 Å². The lowest BCUT2D eigenvalue weighted by molar-refractivity contribution is -0.237. The molecule has 0 amide bonds. The minimum Gasteiger partial charge on any atom is -0.481 e. The maximum Gasteiger partial charge on any atom is 0.310 e. The number of aliphatic carboxylic acids is 1. The largest absolute Gasteiger partial charge is 0.481 e. The van der Waals surface area contributed by atoms with E-state index in [9.17, 15) is 25.2 Å². The molecule has 0 spiro atoms. The molecule has 35 heavy (non-hydrogen) atoms. The van der Waals surface area contributed by atoms with Crippen LogP contribution in [-0.2, 0) is 4.79 Å². The lowest BCUT2D eigenvalue weighted by Gasteiger charge is -2.72. The fourth-order valence-electron chi connectivity index (χ4n) is 11.0. The third-order valence-corrected chi connectivity index (χ3v) is 13.4. The predicted octanol–water partition coefficient (Wildman–Crippen LogP) is 5.18. The normalized spacial score (nSPS) is 57.1. The molecular weight excluding hydrogens is 440 g/mol. The number of fused-ring (bicyclic) bond motifs is 7.